The number of benzene rings is 6. The molecule has 1 aliphatic carbocycles. The lowest BCUT2D eigenvalue weighted by Crippen LogP contribution is -2.54. The smallest absolute Gasteiger partial charge is 0.173 e. The Labute approximate surface area is 329 Å². The molecular weight excluding hydrogens is 701 g/mol. The summed E-state index contributed by atoms with van der Waals surface area (Å²) in [6, 6.07) is 24.1. The first-order valence-corrected chi connectivity index (χ1v) is 21.1. The van der Waals surface area contributed by atoms with Gasteiger partial charge in [0.2, 0.25) is 0 Å². The Bertz CT molecular complexity index is 2270. The summed E-state index contributed by atoms with van der Waals surface area (Å²) in [7, 11) is 0. The van der Waals surface area contributed by atoms with E-state index in [0.717, 1.165) is 127 Å². The van der Waals surface area contributed by atoms with Crippen LogP contribution in [0, 0.1) is 0 Å². The number of phenols is 2. The summed E-state index contributed by atoms with van der Waals surface area (Å²) in [4.78, 5) is 31.1. The highest BCUT2D eigenvalue weighted by Gasteiger charge is 2.60. The molecular formula is C48H54N2O6. The van der Waals surface area contributed by atoms with Gasteiger partial charge in [0.25, 0.3) is 0 Å². The molecule has 1 saturated carbocycles. The van der Waals surface area contributed by atoms with Crippen LogP contribution in [0.4, 0.5) is 11.4 Å². The number of rotatable bonds is 15. The van der Waals surface area contributed by atoms with Gasteiger partial charge < -0.3 is 29.8 Å². The van der Waals surface area contributed by atoms with Crippen LogP contribution >= 0.6 is 0 Å². The van der Waals surface area contributed by atoms with Gasteiger partial charge in [0.05, 0.1) is 11.4 Å². The Kier molecular flexibility index (Phi) is 9.96. The molecule has 2 atom stereocenters. The summed E-state index contributed by atoms with van der Waals surface area (Å²) >= 11 is 0. The number of phenolic OH excluding ortho intramolecular Hbond substituents is 2. The number of nitrogens with zero attached hydrogens (tertiary/aromatic N) is 2. The van der Waals surface area contributed by atoms with Gasteiger partial charge in [0.1, 0.15) is 23.7 Å². The number of aromatic hydroxyl groups is 2. The zero-order valence-corrected chi connectivity index (χ0v) is 33.1. The lowest BCUT2D eigenvalue weighted by Gasteiger charge is -2.48. The fourth-order valence-corrected chi connectivity index (χ4v) is 9.93. The predicted molar refractivity (Wildman–Crippen MR) is 227 cm³/mol. The number of hydrogen-bond acceptors (Lipinski definition) is 8. The molecule has 2 heterocycles. The van der Waals surface area contributed by atoms with E-state index in [1.54, 1.807) is 12.1 Å². The number of fused-ring (bicyclic) bond motifs is 2. The molecule has 9 rings (SSSR count). The molecule has 0 spiro atoms. The Morgan fingerprint density at radius 2 is 0.804 bits per heavy atom. The number of anilines is 2. The van der Waals surface area contributed by atoms with Gasteiger partial charge in [0.15, 0.2) is 11.5 Å². The topological polar surface area (TPSA) is 83.9 Å². The molecule has 0 saturated heterocycles. The number of hydrogen-bond donors (Lipinski definition) is 2. The average Bonchev–Trinajstić information content (AvgIpc) is 3.43. The molecule has 292 valence electrons. The van der Waals surface area contributed by atoms with Crippen molar-refractivity contribution < 1.29 is 29.8 Å². The van der Waals surface area contributed by atoms with Gasteiger partial charge >= 0.3 is 0 Å². The van der Waals surface area contributed by atoms with Crippen LogP contribution in [0.5, 0.6) is 23.0 Å². The summed E-state index contributed by atoms with van der Waals surface area (Å²) in [5, 5.41) is 31.5. The third-order valence-corrected chi connectivity index (χ3v) is 12.6. The molecule has 2 N–H and O–H groups in total. The zero-order valence-electron chi connectivity index (χ0n) is 33.1. The van der Waals surface area contributed by atoms with Gasteiger partial charge in [0, 0.05) is 81.1 Å². The standard InChI is InChI=1S/C48H54N2O6/c1-5-9-25-49(26-10-6-2)45-29-17-13-21-33(51)37(29)41(38-30(45)18-14-22-34(38)52)43-47-44-42-39-31(19-15-23-35(39)53-55-47)46(50(27-11-7-3)28-12-8-4)32-20-16-24-36(40(32)42)54-56-48(43)44/h13-24,43-44,47-48,51-52H,5-12,25-28H2,1-4H3. The average molecular weight is 755 g/mol. The minimum absolute atomic E-state index is 0.155. The van der Waals surface area contributed by atoms with Crippen LogP contribution < -0.4 is 19.6 Å². The van der Waals surface area contributed by atoms with Crippen molar-refractivity contribution in [3.63, 3.8) is 0 Å². The molecule has 0 bridgehead atoms. The van der Waals surface area contributed by atoms with E-state index in [1.807, 2.05) is 24.3 Å². The first-order valence-electron chi connectivity index (χ1n) is 21.1. The molecule has 6 aromatic carbocycles. The molecule has 2 unspecified atom stereocenters. The van der Waals surface area contributed by atoms with Crippen LogP contribution in [0.1, 0.15) is 102 Å². The summed E-state index contributed by atoms with van der Waals surface area (Å²) in [5.41, 5.74) is 4.13. The summed E-state index contributed by atoms with van der Waals surface area (Å²) in [6.07, 6.45) is 7.59. The first kappa shape index (κ1) is 36.7. The quantitative estimate of drug-likeness (QED) is 0.0792. The van der Waals surface area contributed by atoms with Crippen molar-refractivity contribution >= 4 is 54.5 Å². The van der Waals surface area contributed by atoms with Crippen molar-refractivity contribution in [2.24, 2.45) is 0 Å². The SMILES string of the molecule is CCCCN(CCCC)c1c2cccc(O)c2c(C2C3OOc4cccc5c(N(CCCC)CCCC)c6cccc7c6c(c45)C3C2OO7)c2c(O)cccc12. The van der Waals surface area contributed by atoms with Gasteiger partial charge in [-0.2, -0.15) is 9.78 Å². The largest absolute Gasteiger partial charge is 0.507 e. The van der Waals surface area contributed by atoms with E-state index in [2.05, 4.69) is 73.9 Å². The van der Waals surface area contributed by atoms with E-state index < -0.39 is 18.1 Å². The minimum Gasteiger partial charge on any atom is -0.507 e. The van der Waals surface area contributed by atoms with Crippen LogP contribution in [0.2, 0.25) is 0 Å². The highest BCUT2D eigenvalue weighted by atomic mass is 17.2. The summed E-state index contributed by atoms with van der Waals surface area (Å²) < 4.78 is 0. The van der Waals surface area contributed by atoms with Gasteiger partial charge in [-0.1, -0.05) is 102 Å². The minimum atomic E-state index is -0.511. The second-order valence-corrected chi connectivity index (χ2v) is 16.0. The van der Waals surface area contributed by atoms with E-state index in [-0.39, 0.29) is 17.4 Å². The van der Waals surface area contributed by atoms with Crippen molar-refractivity contribution in [3.05, 3.63) is 83.9 Å². The normalized spacial score (nSPS) is 19.5. The van der Waals surface area contributed by atoms with E-state index >= 15 is 0 Å². The fraction of sp³-hybridized carbons (Fsp3) is 0.417. The van der Waals surface area contributed by atoms with Crippen molar-refractivity contribution in [3.8, 4) is 23.0 Å². The van der Waals surface area contributed by atoms with E-state index in [4.69, 9.17) is 19.6 Å². The Morgan fingerprint density at radius 1 is 0.464 bits per heavy atom. The first-order chi connectivity index (χ1) is 27.5. The molecule has 2 aliphatic heterocycles. The number of unbranched alkanes of at least 4 members (excludes halogenated alkanes) is 4. The maximum Gasteiger partial charge on any atom is 0.173 e. The molecule has 1 fully saturated rings. The third-order valence-electron chi connectivity index (χ3n) is 12.6. The van der Waals surface area contributed by atoms with Crippen LogP contribution in [-0.2, 0) is 9.78 Å². The summed E-state index contributed by atoms with van der Waals surface area (Å²) in [5.74, 6) is 0.948. The Balaban J connectivity index is 1.29. The predicted octanol–water partition coefficient (Wildman–Crippen LogP) is 11.8. The highest BCUT2D eigenvalue weighted by molar-refractivity contribution is 6.19. The van der Waals surface area contributed by atoms with Crippen molar-refractivity contribution in [2.45, 2.75) is 103 Å². The monoisotopic (exact) mass is 754 g/mol. The van der Waals surface area contributed by atoms with Gasteiger partial charge in [-0.15, -0.1) is 0 Å². The second-order valence-electron chi connectivity index (χ2n) is 16.0. The second kappa shape index (κ2) is 15.2. The molecule has 3 aliphatic rings. The lowest BCUT2D eigenvalue weighted by atomic mass is 9.60. The van der Waals surface area contributed by atoms with E-state index in [1.165, 1.54) is 5.69 Å². The molecule has 8 nitrogen and oxygen atoms in total. The molecule has 0 aromatic heterocycles. The maximum atomic E-state index is 11.9. The molecule has 0 amide bonds. The fourth-order valence-electron chi connectivity index (χ4n) is 9.93. The highest BCUT2D eigenvalue weighted by Crippen LogP contribution is 2.63. The Hall–Kier alpha value is -4.92. The van der Waals surface area contributed by atoms with Crippen LogP contribution in [-0.4, -0.2) is 48.6 Å². The Morgan fingerprint density at radius 3 is 1.18 bits per heavy atom. The van der Waals surface area contributed by atoms with Crippen LogP contribution in [0.3, 0.4) is 0 Å². The third kappa shape index (κ3) is 5.70. The van der Waals surface area contributed by atoms with E-state index in [9.17, 15) is 10.2 Å². The lowest BCUT2D eigenvalue weighted by molar-refractivity contribution is -0.340. The summed E-state index contributed by atoms with van der Waals surface area (Å²) in [6.45, 7) is 12.6. The van der Waals surface area contributed by atoms with E-state index in [0.29, 0.717) is 22.3 Å². The van der Waals surface area contributed by atoms with Gasteiger partial charge in [-0.05, 0) is 61.1 Å². The van der Waals surface area contributed by atoms with Crippen molar-refractivity contribution in [2.75, 3.05) is 36.0 Å². The molecule has 0 radical (unpaired) electrons. The van der Waals surface area contributed by atoms with Crippen molar-refractivity contribution in [1.29, 1.82) is 0 Å². The van der Waals surface area contributed by atoms with Gasteiger partial charge in [-0.25, -0.2) is 0 Å². The zero-order chi connectivity index (χ0) is 38.5. The van der Waals surface area contributed by atoms with Crippen molar-refractivity contribution in [1.82, 2.24) is 0 Å². The van der Waals surface area contributed by atoms with Crippen LogP contribution in [0.25, 0.3) is 43.1 Å². The molecule has 8 heteroatoms. The van der Waals surface area contributed by atoms with Gasteiger partial charge in [-0.3, -0.25) is 0 Å². The maximum absolute atomic E-state index is 11.9. The van der Waals surface area contributed by atoms with Crippen LogP contribution in [0.15, 0.2) is 72.8 Å². The molecule has 56 heavy (non-hydrogen) atoms. The molecule has 6 aromatic rings.